The summed E-state index contributed by atoms with van der Waals surface area (Å²) in [4.78, 5) is 11.9. The van der Waals surface area contributed by atoms with Gasteiger partial charge in [0.25, 0.3) is 0 Å². The molecule has 2 nitrogen and oxygen atoms in total. The molecule has 80 valence electrons. The Bertz CT molecular complexity index is 391. The van der Waals surface area contributed by atoms with Crippen molar-refractivity contribution in [2.24, 2.45) is 0 Å². The van der Waals surface area contributed by atoms with Crippen LogP contribution in [0.4, 0.5) is 0 Å². The van der Waals surface area contributed by atoms with Crippen LogP contribution in [0.15, 0.2) is 24.3 Å². The zero-order valence-corrected chi connectivity index (χ0v) is 9.47. The Kier molecular flexibility index (Phi) is 2.81. The maximum Gasteiger partial charge on any atom is 0.157 e. The smallest absolute Gasteiger partial charge is 0.157 e. The molecule has 1 aromatic rings. The first-order chi connectivity index (χ1) is 7.13. The minimum atomic E-state index is -0.552. The van der Waals surface area contributed by atoms with Crippen LogP contribution in [0.25, 0.3) is 0 Å². The van der Waals surface area contributed by atoms with Crippen LogP contribution in [0.3, 0.4) is 0 Å². The van der Waals surface area contributed by atoms with Gasteiger partial charge in [-0.15, -0.1) is 0 Å². The van der Waals surface area contributed by atoms with Gasteiger partial charge in [-0.1, -0.05) is 23.7 Å². The molecule has 0 aromatic heterocycles. The summed E-state index contributed by atoms with van der Waals surface area (Å²) >= 11 is 5.93. The molecule has 1 N–H and O–H groups in total. The molecule has 0 aliphatic carbocycles. The Balaban J connectivity index is 2.39. The molecule has 1 unspecified atom stereocenters. The van der Waals surface area contributed by atoms with E-state index in [0.717, 1.165) is 18.5 Å². The number of carbonyl (C=O) groups is 1. The summed E-state index contributed by atoms with van der Waals surface area (Å²) in [7, 11) is 0. The number of ketones is 1. The summed E-state index contributed by atoms with van der Waals surface area (Å²) in [5.74, 6) is 0.246. The van der Waals surface area contributed by atoms with E-state index in [9.17, 15) is 4.79 Å². The zero-order chi connectivity index (χ0) is 10.9. The molecule has 0 radical (unpaired) electrons. The molecule has 3 heteroatoms. The molecular weight excluding hydrogens is 210 g/mol. The average Bonchev–Trinajstić information content (AvgIpc) is 2.23. The fourth-order valence-electron chi connectivity index (χ4n) is 2.00. The monoisotopic (exact) mass is 223 g/mol. The SMILES string of the molecule is CC1(c2cccc(Cl)c2)NCCCC1=O. The van der Waals surface area contributed by atoms with E-state index in [0.29, 0.717) is 11.4 Å². The van der Waals surface area contributed by atoms with Crippen molar-refractivity contribution in [1.29, 1.82) is 0 Å². The molecule has 1 saturated heterocycles. The fourth-order valence-corrected chi connectivity index (χ4v) is 2.19. The van der Waals surface area contributed by atoms with Crippen molar-refractivity contribution in [3.63, 3.8) is 0 Å². The number of piperidine rings is 1. The van der Waals surface area contributed by atoms with E-state index in [1.807, 2.05) is 31.2 Å². The summed E-state index contributed by atoms with van der Waals surface area (Å²) in [5.41, 5.74) is 0.406. The second-order valence-electron chi connectivity index (χ2n) is 4.09. The van der Waals surface area contributed by atoms with E-state index in [-0.39, 0.29) is 5.78 Å². The largest absolute Gasteiger partial charge is 0.301 e. The Hall–Kier alpha value is -0.860. The lowest BCUT2D eigenvalue weighted by atomic mass is 9.83. The quantitative estimate of drug-likeness (QED) is 0.793. The Morgan fingerprint density at radius 1 is 1.47 bits per heavy atom. The highest BCUT2D eigenvalue weighted by atomic mass is 35.5. The van der Waals surface area contributed by atoms with Crippen molar-refractivity contribution in [3.05, 3.63) is 34.9 Å². The zero-order valence-electron chi connectivity index (χ0n) is 8.72. The first-order valence-corrected chi connectivity index (χ1v) is 5.55. The molecule has 2 rings (SSSR count). The number of hydrogen-bond acceptors (Lipinski definition) is 2. The topological polar surface area (TPSA) is 29.1 Å². The van der Waals surface area contributed by atoms with Gasteiger partial charge in [0.15, 0.2) is 5.78 Å². The van der Waals surface area contributed by atoms with Crippen molar-refractivity contribution in [2.75, 3.05) is 6.54 Å². The third-order valence-electron chi connectivity index (χ3n) is 3.02. The number of rotatable bonds is 1. The third kappa shape index (κ3) is 1.92. The second-order valence-corrected chi connectivity index (χ2v) is 4.53. The van der Waals surface area contributed by atoms with Crippen LogP contribution in [0.5, 0.6) is 0 Å². The Morgan fingerprint density at radius 2 is 2.27 bits per heavy atom. The second kappa shape index (κ2) is 3.95. The highest BCUT2D eigenvalue weighted by Gasteiger charge is 2.36. The van der Waals surface area contributed by atoms with Gasteiger partial charge in [-0.3, -0.25) is 4.79 Å². The van der Waals surface area contributed by atoms with Crippen molar-refractivity contribution in [1.82, 2.24) is 5.32 Å². The van der Waals surface area contributed by atoms with E-state index >= 15 is 0 Å². The number of hydrogen-bond donors (Lipinski definition) is 1. The minimum Gasteiger partial charge on any atom is -0.301 e. The van der Waals surface area contributed by atoms with Crippen molar-refractivity contribution in [2.45, 2.75) is 25.3 Å². The van der Waals surface area contributed by atoms with E-state index in [1.54, 1.807) is 0 Å². The van der Waals surface area contributed by atoms with Crippen LogP contribution in [0.1, 0.15) is 25.3 Å². The molecule has 0 spiro atoms. The summed E-state index contributed by atoms with van der Waals surface area (Å²) in [5, 5.41) is 3.96. The molecule has 0 bridgehead atoms. The van der Waals surface area contributed by atoms with Crippen molar-refractivity contribution >= 4 is 17.4 Å². The lowest BCUT2D eigenvalue weighted by Crippen LogP contribution is -2.50. The average molecular weight is 224 g/mol. The van der Waals surface area contributed by atoms with Gasteiger partial charge < -0.3 is 5.32 Å². The van der Waals surface area contributed by atoms with Gasteiger partial charge in [0.05, 0.1) is 0 Å². The first-order valence-electron chi connectivity index (χ1n) is 5.17. The maximum atomic E-state index is 11.9. The highest BCUT2D eigenvalue weighted by molar-refractivity contribution is 6.30. The number of Topliss-reactive ketones (excluding diaryl/α,β-unsaturated/α-hetero) is 1. The summed E-state index contributed by atoms with van der Waals surface area (Å²) in [6.45, 7) is 2.81. The van der Waals surface area contributed by atoms with Gasteiger partial charge in [0, 0.05) is 11.4 Å². The number of benzene rings is 1. The molecular formula is C12H14ClNO. The molecule has 1 aliphatic heterocycles. The van der Waals surface area contributed by atoms with Crippen LogP contribution in [0.2, 0.25) is 5.02 Å². The van der Waals surface area contributed by atoms with Gasteiger partial charge in [0.1, 0.15) is 5.54 Å². The van der Waals surface area contributed by atoms with Gasteiger partial charge in [-0.25, -0.2) is 0 Å². The predicted octanol–water partition coefficient (Wildman–Crippen LogP) is 2.51. The van der Waals surface area contributed by atoms with Crippen LogP contribution >= 0.6 is 11.6 Å². The molecule has 1 aliphatic rings. The van der Waals surface area contributed by atoms with E-state index in [2.05, 4.69) is 5.32 Å². The van der Waals surface area contributed by atoms with Gasteiger partial charge in [-0.2, -0.15) is 0 Å². The Labute approximate surface area is 94.6 Å². The van der Waals surface area contributed by atoms with E-state index in [4.69, 9.17) is 11.6 Å². The standard InChI is InChI=1S/C12H14ClNO/c1-12(11(15)6-3-7-14-12)9-4-2-5-10(13)8-9/h2,4-5,8,14H,3,6-7H2,1H3. The van der Waals surface area contributed by atoms with E-state index in [1.165, 1.54) is 0 Å². The van der Waals surface area contributed by atoms with Crippen LogP contribution in [-0.2, 0) is 10.3 Å². The minimum absolute atomic E-state index is 0.246. The summed E-state index contributed by atoms with van der Waals surface area (Å²) in [6.07, 6.45) is 1.57. The summed E-state index contributed by atoms with van der Waals surface area (Å²) in [6, 6.07) is 7.51. The van der Waals surface area contributed by atoms with Gasteiger partial charge >= 0.3 is 0 Å². The third-order valence-corrected chi connectivity index (χ3v) is 3.25. The Morgan fingerprint density at radius 3 is 2.93 bits per heavy atom. The maximum absolute atomic E-state index is 11.9. The van der Waals surface area contributed by atoms with Gasteiger partial charge in [-0.05, 0) is 37.6 Å². The lowest BCUT2D eigenvalue weighted by molar-refractivity contribution is -0.126. The number of nitrogens with one attached hydrogen (secondary N) is 1. The van der Waals surface area contributed by atoms with Crippen LogP contribution < -0.4 is 5.32 Å². The summed E-state index contributed by atoms with van der Waals surface area (Å²) < 4.78 is 0. The highest BCUT2D eigenvalue weighted by Crippen LogP contribution is 2.28. The molecule has 1 aromatic carbocycles. The normalized spacial score (nSPS) is 26.7. The number of carbonyl (C=O) groups excluding carboxylic acids is 1. The van der Waals surface area contributed by atoms with Crippen molar-refractivity contribution in [3.8, 4) is 0 Å². The molecule has 0 saturated carbocycles. The van der Waals surface area contributed by atoms with Crippen LogP contribution in [0, 0.1) is 0 Å². The molecule has 1 heterocycles. The van der Waals surface area contributed by atoms with Crippen molar-refractivity contribution < 1.29 is 4.79 Å². The molecule has 15 heavy (non-hydrogen) atoms. The first kappa shape index (κ1) is 10.7. The molecule has 0 amide bonds. The lowest BCUT2D eigenvalue weighted by Gasteiger charge is -2.33. The molecule has 1 atom stereocenters. The fraction of sp³-hybridized carbons (Fsp3) is 0.417. The van der Waals surface area contributed by atoms with Gasteiger partial charge in [0.2, 0.25) is 0 Å². The predicted molar refractivity (Wildman–Crippen MR) is 61.0 cm³/mol. The number of halogens is 1. The van der Waals surface area contributed by atoms with Crippen LogP contribution in [-0.4, -0.2) is 12.3 Å². The van der Waals surface area contributed by atoms with E-state index < -0.39 is 5.54 Å². The molecule has 1 fully saturated rings.